The van der Waals surface area contributed by atoms with Gasteiger partial charge in [0.25, 0.3) is 0 Å². The molecule has 1 aliphatic heterocycles. The first-order chi connectivity index (χ1) is 8.91. The number of rotatable bonds is 3. The summed E-state index contributed by atoms with van der Waals surface area (Å²) < 4.78 is 43.6. The minimum atomic E-state index is -4.43. The lowest BCUT2D eigenvalue weighted by Crippen LogP contribution is -2.33. The van der Waals surface area contributed by atoms with Crippen molar-refractivity contribution < 1.29 is 17.9 Å². The van der Waals surface area contributed by atoms with E-state index in [4.69, 9.17) is 10.6 Å². The largest absolute Gasteiger partial charge is 0.416 e. The third kappa shape index (κ3) is 3.07. The molecule has 5 nitrogen and oxygen atoms in total. The molecule has 0 bridgehead atoms. The SMILES string of the molecule is CN(c1cc(C(F)(F)F)cc(NN)n1)C1CCOC1. The summed E-state index contributed by atoms with van der Waals surface area (Å²) in [5.74, 6) is 5.36. The molecule has 1 aliphatic rings. The van der Waals surface area contributed by atoms with Gasteiger partial charge in [-0.05, 0) is 18.6 Å². The van der Waals surface area contributed by atoms with E-state index < -0.39 is 11.7 Å². The maximum atomic E-state index is 12.8. The summed E-state index contributed by atoms with van der Waals surface area (Å²) in [6.45, 7) is 1.09. The molecular weight excluding hydrogens is 261 g/mol. The minimum absolute atomic E-state index is 0.0180. The number of ether oxygens (including phenoxy) is 1. The second-order valence-corrected chi connectivity index (χ2v) is 4.37. The highest BCUT2D eigenvalue weighted by molar-refractivity contribution is 5.51. The van der Waals surface area contributed by atoms with Gasteiger partial charge in [-0.15, -0.1) is 0 Å². The lowest BCUT2D eigenvalue weighted by molar-refractivity contribution is -0.137. The fourth-order valence-electron chi connectivity index (χ4n) is 1.95. The molecular formula is C11H15F3N4O. The molecule has 1 unspecified atom stereocenters. The Morgan fingerprint density at radius 2 is 2.21 bits per heavy atom. The van der Waals surface area contributed by atoms with Gasteiger partial charge < -0.3 is 15.1 Å². The number of hydrogen-bond acceptors (Lipinski definition) is 5. The van der Waals surface area contributed by atoms with Gasteiger partial charge >= 0.3 is 6.18 Å². The molecule has 1 aromatic heterocycles. The quantitative estimate of drug-likeness (QED) is 0.648. The fraction of sp³-hybridized carbons (Fsp3) is 0.545. The number of aromatic nitrogens is 1. The second kappa shape index (κ2) is 5.22. The molecule has 106 valence electrons. The zero-order valence-electron chi connectivity index (χ0n) is 10.4. The van der Waals surface area contributed by atoms with Crippen LogP contribution in [0.2, 0.25) is 0 Å². The lowest BCUT2D eigenvalue weighted by atomic mass is 10.2. The Morgan fingerprint density at radius 1 is 1.47 bits per heavy atom. The summed E-state index contributed by atoms with van der Waals surface area (Å²) in [6, 6.07) is 1.92. The summed E-state index contributed by atoms with van der Waals surface area (Å²) in [6.07, 6.45) is -3.67. The van der Waals surface area contributed by atoms with Crippen molar-refractivity contribution in [2.24, 2.45) is 5.84 Å². The average Bonchev–Trinajstić information content (AvgIpc) is 2.90. The van der Waals surface area contributed by atoms with Crippen molar-refractivity contribution in [1.29, 1.82) is 0 Å². The van der Waals surface area contributed by atoms with Crippen LogP contribution in [-0.4, -0.2) is 31.3 Å². The van der Waals surface area contributed by atoms with Crippen molar-refractivity contribution in [2.75, 3.05) is 30.6 Å². The molecule has 0 amide bonds. The van der Waals surface area contributed by atoms with E-state index in [9.17, 15) is 13.2 Å². The zero-order chi connectivity index (χ0) is 14.0. The van der Waals surface area contributed by atoms with E-state index in [-0.39, 0.29) is 17.7 Å². The van der Waals surface area contributed by atoms with Crippen LogP contribution in [0, 0.1) is 0 Å². The van der Waals surface area contributed by atoms with Gasteiger partial charge in [-0.1, -0.05) is 0 Å². The van der Waals surface area contributed by atoms with Crippen LogP contribution in [0.25, 0.3) is 0 Å². The topological polar surface area (TPSA) is 63.4 Å². The number of nitrogen functional groups attached to an aromatic ring is 1. The third-order valence-corrected chi connectivity index (χ3v) is 3.10. The molecule has 0 spiro atoms. The van der Waals surface area contributed by atoms with Gasteiger partial charge in [0.2, 0.25) is 0 Å². The minimum Gasteiger partial charge on any atom is -0.379 e. The van der Waals surface area contributed by atoms with Crippen LogP contribution in [0.5, 0.6) is 0 Å². The van der Waals surface area contributed by atoms with E-state index >= 15 is 0 Å². The van der Waals surface area contributed by atoms with Crippen LogP contribution in [-0.2, 0) is 10.9 Å². The number of anilines is 2. The summed E-state index contributed by atoms with van der Waals surface area (Å²) >= 11 is 0. The Bertz CT molecular complexity index is 446. The molecule has 1 saturated heterocycles. The molecule has 2 rings (SSSR count). The van der Waals surface area contributed by atoms with E-state index in [2.05, 4.69) is 10.4 Å². The predicted octanol–water partition coefficient (Wildman–Crippen LogP) is 1.61. The number of pyridine rings is 1. The maximum absolute atomic E-state index is 12.8. The normalized spacial score (nSPS) is 19.5. The van der Waals surface area contributed by atoms with Crippen LogP contribution in [0.15, 0.2) is 12.1 Å². The number of nitrogens with zero attached hydrogens (tertiary/aromatic N) is 2. The molecule has 1 fully saturated rings. The highest BCUT2D eigenvalue weighted by Crippen LogP contribution is 2.33. The molecule has 1 aromatic rings. The number of alkyl halides is 3. The summed E-state index contributed by atoms with van der Waals surface area (Å²) in [7, 11) is 1.70. The Kier molecular flexibility index (Phi) is 3.81. The first-order valence-corrected chi connectivity index (χ1v) is 5.78. The Hall–Kier alpha value is -1.54. The van der Waals surface area contributed by atoms with Crippen LogP contribution >= 0.6 is 0 Å². The smallest absolute Gasteiger partial charge is 0.379 e. The van der Waals surface area contributed by atoms with Crippen molar-refractivity contribution in [1.82, 2.24) is 4.98 Å². The van der Waals surface area contributed by atoms with Gasteiger partial charge in [-0.2, -0.15) is 13.2 Å². The first kappa shape index (κ1) is 13.9. The maximum Gasteiger partial charge on any atom is 0.416 e. The van der Waals surface area contributed by atoms with Crippen molar-refractivity contribution in [3.8, 4) is 0 Å². The van der Waals surface area contributed by atoms with Gasteiger partial charge in [-0.3, -0.25) is 0 Å². The first-order valence-electron chi connectivity index (χ1n) is 5.78. The molecule has 2 heterocycles. The second-order valence-electron chi connectivity index (χ2n) is 4.37. The Labute approximate surface area is 108 Å². The molecule has 1 atom stereocenters. The number of halogens is 3. The molecule has 19 heavy (non-hydrogen) atoms. The number of likely N-dealkylation sites (N-methyl/N-ethyl adjacent to an activating group) is 1. The van der Waals surface area contributed by atoms with Crippen LogP contribution < -0.4 is 16.2 Å². The molecule has 3 N–H and O–H groups in total. The van der Waals surface area contributed by atoms with Gasteiger partial charge in [0.15, 0.2) is 0 Å². The summed E-state index contributed by atoms with van der Waals surface area (Å²) in [4.78, 5) is 5.73. The Balaban J connectivity index is 2.33. The van der Waals surface area contributed by atoms with E-state index in [0.717, 1.165) is 18.6 Å². The van der Waals surface area contributed by atoms with E-state index in [1.54, 1.807) is 11.9 Å². The number of nitrogens with one attached hydrogen (secondary N) is 1. The zero-order valence-corrected chi connectivity index (χ0v) is 10.4. The molecule has 0 aliphatic carbocycles. The molecule has 0 aromatic carbocycles. The van der Waals surface area contributed by atoms with Crippen molar-refractivity contribution in [3.63, 3.8) is 0 Å². The highest BCUT2D eigenvalue weighted by atomic mass is 19.4. The molecule has 0 radical (unpaired) electrons. The van der Waals surface area contributed by atoms with E-state index in [1.165, 1.54) is 0 Å². The number of hydrazine groups is 1. The lowest BCUT2D eigenvalue weighted by Gasteiger charge is -2.25. The van der Waals surface area contributed by atoms with Crippen LogP contribution in [0.3, 0.4) is 0 Å². The van der Waals surface area contributed by atoms with Crippen molar-refractivity contribution in [3.05, 3.63) is 17.7 Å². The van der Waals surface area contributed by atoms with Crippen molar-refractivity contribution >= 4 is 11.6 Å². The summed E-state index contributed by atoms with van der Waals surface area (Å²) in [5.41, 5.74) is 1.37. The van der Waals surface area contributed by atoms with Crippen molar-refractivity contribution in [2.45, 2.75) is 18.6 Å². The molecule has 8 heteroatoms. The van der Waals surface area contributed by atoms with Gasteiger partial charge in [-0.25, -0.2) is 10.8 Å². The standard InChI is InChI=1S/C11H15F3N4O/c1-18(8-2-3-19-6-8)10-5-7(11(12,13)14)4-9(16-10)17-15/h4-5,8H,2-3,6,15H2,1H3,(H,16,17). The Morgan fingerprint density at radius 3 is 2.74 bits per heavy atom. The molecule has 0 saturated carbocycles. The van der Waals surface area contributed by atoms with Crippen LogP contribution in [0.1, 0.15) is 12.0 Å². The monoisotopic (exact) mass is 276 g/mol. The fourth-order valence-corrected chi connectivity index (χ4v) is 1.95. The highest BCUT2D eigenvalue weighted by Gasteiger charge is 2.32. The predicted molar refractivity (Wildman–Crippen MR) is 64.7 cm³/mol. The number of hydrogen-bond donors (Lipinski definition) is 2. The van der Waals surface area contributed by atoms with Gasteiger partial charge in [0.1, 0.15) is 11.6 Å². The van der Waals surface area contributed by atoms with Gasteiger partial charge in [0.05, 0.1) is 18.2 Å². The van der Waals surface area contributed by atoms with E-state index in [1.807, 2.05) is 0 Å². The number of nitrogens with two attached hydrogens (primary N) is 1. The van der Waals surface area contributed by atoms with E-state index in [0.29, 0.717) is 13.2 Å². The average molecular weight is 276 g/mol. The van der Waals surface area contributed by atoms with Gasteiger partial charge in [0, 0.05) is 13.7 Å². The van der Waals surface area contributed by atoms with Crippen LogP contribution in [0.4, 0.5) is 24.8 Å². The third-order valence-electron chi connectivity index (χ3n) is 3.10. The summed E-state index contributed by atoms with van der Waals surface area (Å²) in [5, 5.41) is 0.